The second-order valence-corrected chi connectivity index (χ2v) is 18.0. The van der Waals surface area contributed by atoms with Gasteiger partial charge in [-0.25, -0.2) is 4.98 Å². The average Bonchev–Trinajstić information content (AvgIpc) is 3.71. The number of imidazole rings is 1. The van der Waals surface area contributed by atoms with Crippen LogP contribution in [0.5, 0.6) is 0 Å². The third-order valence-corrected chi connectivity index (χ3v) is 15.3. The molecule has 0 radical (unpaired) electrons. The van der Waals surface area contributed by atoms with Gasteiger partial charge in [-0.2, -0.15) is 0 Å². The van der Waals surface area contributed by atoms with Crippen LogP contribution in [0.15, 0.2) is 158 Å². The Morgan fingerprint density at radius 3 is 1.85 bits per heavy atom. The zero-order valence-corrected chi connectivity index (χ0v) is 31.4. The van der Waals surface area contributed by atoms with Crippen LogP contribution in [-0.4, -0.2) is 9.55 Å². The van der Waals surface area contributed by atoms with Crippen LogP contribution in [0.1, 0.15) is 37.7 Å². The minimum atomic E-state index is -3.22. The van der Waals surface area contributed by atoms with Gasteiger partial charge in [0.05, 0.1) is 16.7 Å². The molecule has 0 amide bonds. The maximum absolute atomic E-state index is 15.8. The fourth-order valence-corrected chi connectivity index (χ4v) is 12.7. The molecule has 0 saturated heterocycles. The Balaban J connectivity index is 1.19. The molecule has 1 aliphatic heterocycles. The Morgan fingerprint density at radius 1 is 0.574 bits per heavy atom. The normalized spacial score (nSPS) is 16.4. The summed E-state index contributed by atoms with van der Waals surface area (Å²) in [7, 11) is -3.22. The first-order valence-electron chi connectivity index (χ1n) is 18.9. The molecule has 258 valence electrons. The van der Waals surface area contributed by atoms with Crippen molar-refractivity contribution in [2.75, 3.05) is 0 Å². The van der Waals surface area contributed by atoms with Crippen LogP contribution in [0.25, 0.3) is 71.6 Å². The number of fused-ring (bicyclic) bond motifs is 7. The van der Waals surface area contributed by atoms with E-state index in [0.29, 0.717) is 0 Å². The fraction of sp³-hybridized carbons (Fsp3) is 0.100. The van der Waals surface area contributed by atoms with Gasteiger partial charge in [-0.3, -0.25) is 4.57 Å². The highest BCUT2D eigenvalue weighted by atomic mass is 31.2. The van der Waals surface area contributed by atoms with Crippen LogP contribution in [-0.2, 0) is 16.4 Å². The van der Waals surface area contributed by atoms with Gasteiger partial charge in [0.15, 0.2) is 7.14 Å². The Morgan fingerprint density at radius 2 is 1.17 bits per heavy atom. The SMILES string of the molecule is CCc1nc2cccc3c2n1-c1cc(-c2c4ccccc4c(-c4ccc5c(c4)C(C)(C)c4ccccc4-5)c4ccccc24)ccc1P3(=O)c1ccccc1. The second kappa shape index (κ2) is 11.2. The molecule has 4 heteroatoms. The first-order chi connectivity index (χ1) is 26.4. The number of benzene rings is 8. The van der Waals surface area contributed by atoms with Crippen molar-refractivity contribution in [3.63, 3.8) is 0 Å². The predicted octanol–water partition coefficient (Wildman–Crippen LogP) is 11.5. The third kappa shape index (κ3) is 4.08. The zero-order valence-electron chi connectivity index (χ0n) is 30.5. The summed E-state index contributed by atoms with van der Waals surface area (Å²) in [5, 5.41) is 7.40. The van der Waals surface area contributed by atoms with Gasteiger partial charge < -0.3 is 4.57 Å². The molecule has 1 atom stereocenters. The topological polar surface area (TPSA) is 34.9 Å². The predicted molar refractivity (Wildman–Crippen MR) is 227 cm³/mol. The van der Waals surface area contributed by atoms with Gasteiger partial charge in [-0.1, -0.05) is 148 Å². The minimum absolute atomic E-state index is 0.0928. The largest absolute Gasteiger partial charge is 0.308 e. The Bertz CT molecular complexity index is 3040. The smallest absolute Gasteiger partial charge is 0.175 e. The first-order valence-corrected chi connectivity index (χ1v) is 20.6. The van der Waals surface area contributed by atoms with E-state index in [-0.39, 0.29) is 5.41 Å². The van der Waals surface area contributed by atoms with Crippen molar-refractivity contribution in [3.05, 3.63) is 175 Å². The molecule has 0 bridgehead atoms. The number of hydrogen-bond donors (Lipinski definition) is 0. The molecule has 0 N–H and O–H groups in total. The van der Waals surface area contributed by atoms with Crippen LogP contribution in [0, 0.1) is 0 Å². The van der Waals surface area contributed by atoms with Crippen molar-refractivity contribution in [3.8, 4) is 39.1 Å². The van der Waals surface area contributed by atoms with Crippen LogP contribution in [0.3, 0.4) is 0 Å². The van der Waals surface area contributed by atoms with Crippen molar-refractivity contribution in [1.82, 2.24) is 9.55 Å². The van der Waals surface area contributed by atoms with Crippen LogP contribution < -0.4 is 15.9 Å². The summed E-state index contributed by atoms with van der Waals surface area (Å²) >= 11 is 0. The van der Waals surface area contributed by atoms with Crippen LogP contribution >= 0.6 is 7.14 Å². The maximum Gasteiger partial charge on any atom is 0.175 e. The molecule has 1 unspecified atom stereocenters. The quantitative estimate of drug-likeness (QED) is 0.134. The van der Waals surface area contributed by atoms with Crippen molar-refractivity contribution in [1.29, 1.82) is 0 Å². The summed E-state index contributed by atoms with van der Waals surface area (Å²) < 4.78 is 18.1. The van der Waals surface area contributed by atoms with Crippen LogP contribution in [0.2, 0.25) is 0 Å². The van der Waals surface area contributed by atoms with E-state index in [0.717, 1.165) is 50.4 Å². The molecule has 3 nitrogen and oxygen atoms in total. The Kier molecular flexibility index (Phi) is 6.56. The molecular formula is C50H37N2OP. The van der Waals surface area contributed by atoms with E-state index in [4.69, 9.17) is 4.98 Å². The average molecular weight is 713 g/mol. The van der Waals surface area contributed by atoms with E-state index < -0.39 is 7.14 Å². The molecule has 54 heavy (non-hydrogen) atoms. The van der Waals surface area contributed by atoms with Crippen molar-refractivity contribution in [2.45, 2.75) is 32.6 Å². The molecule has 2 heterocycles. The highest BCUT2D eigenvalue weighted by Crippen LogP contribution is 2.53. The van der Waals surface area contributed by atoms with E-state index in [1.807, 2.05) is 42.5 Å². The maximum atomic E-state index is 15.8. The van der Waals surface area contributed by atoms with E-state index in [9.17, 15) is 0 Å². The standard InChI is InChI=1S/C50H37N2OP/c1-4-46-51-42-23-14-24-45-49(42)52(46)43-30-32(26-28-44(43)54(45,53)33-15-6-5-7-16-33)48-38-20-10-8-18-36(38)47(37-19-9-11-21-39(37)48)31-25-27-35-34-17-12-13-22-40(34)50(2,3)41(35)29-31/h5-30H,4H2,1-3H3. The lowest BCUT2D eigenvalue weighted by molar-refractivity contribution is 0.592. The second-order valence-electron chi connectivity index (χ2n) is 15.3. The molecule has 11 rings (SSSR count). The lowest BCUT2D eigenvalue weighted by Gasteiger charge is -2.30. The molecule has 0 spiro atoms. The lowest BCUT2D eigenvalue weighted by atomic mass is 9.80. The van der Waals surface area contributed by atoms with Gasteiger partial charge in [0, 0.05) is 27.7 Å². The number of nitrogens with zero attached hydrogens (tertiary/aromatic N) is 2. The van der Waals surface area contributed by atoms with Gasteiger partial charge in [0.1, 0.15) is 5.82 Å². The molecule has 1 aliphatic carbocycles. The molecular weight excluding hydrogens is 676 g/mol. The summed E-state index contributed by atoms with van der Waals surface area (Å²) in [5.74, 6) is 0.974. The summed E-state index contributed by atoms with van der Waals surface area (Å²) in [4.78, 5) is 5.10. The molecule has 0 fully saturated rings. The summed E-state index contributed by atoms with van der Waals surface area (Å²) in [6, 6.07) is 56.4. The number of aromatic nitrogens is 2. The zero-order chi connectivity index (χ0) is 36.3. The van der Waals surface area contributed by atoms with Crippen molar-refractivity contribution in [2.24, 2.45) is 0 Å². The van der Waals surface area contributed by atoms with E-state index >= 15 is 4.57 Å². The number of para-hydroxylation sites is 1. The number of aryl methyl sites for hydroxylation is 1. The molecule has 9 aromatic rings. The summed E-state index contributed by atoms with van der Waals surface area (Å²) in [6.07, 6.45) is 0.761. The summed E-state index contributed by atoms with van der Waals surface area (Å²) in [6.45, 7) is 6.85. The van der Waals surface area contributed by atoms with Gasteiger partial charge in [-0.05, 0) is 96.4 Å². The highest BCUT2D eigenvalue weighted by Gasteiger charge is 2.40. The number of rotatable bonds is 4. The Hall–Kier alpha value is -6.02. The molecule has 8 aromatic carbocycles. The summed E-state index contributed by atoms with van der Waals surface area (Å²) in [5.41, 5.74) is 12.9. The van der Waals surface area contributed by atoms with E-state index in [2.05, 4.69) is 141 Å². The van der Waals surface area contributed by atoms with Crippen molar-refractivity contribution < 1.29 is 4.57 Å². The third-order valence-electron chi connectivity index (χ3n) is 12.1. The minimum Gasteiger partial charge on any atom is -0.308 e. The van der Waals surface area contributed by atoms with Gasteiger partial charge >= 0.3 is 0 Å². The fourth-order valence-electron chi connectivity index (χ4n) is 9.69. The molecule has 1 aromatic heterocycles. The monoisotopic (exact) mass is 712 g/mol. The first kappa shape index (κ1) is 31.5. The van der Waals surface area contributed by atoms with Gasteiger partial charge in [0.25, 0.3) is 0 Å². The van der Waals surface area contributed by atoms with Crippen LogP contribution in [0.4, 0.5) is 0 Å². The van der Waals surface area contributed by atoms with E-state index in [1.165, 1.54) is 60.5 Å². The Labute approximate surface area is 315 Å². The van der Waals surface area contributed by atoms with E-state index in [1.54, 1.807) is 0 Å². The molecule has 2 aliphatic rings. The number of hydrogen-bond acceptors (Lipinski definition) is 2. The highest BCUT2D eigenvalue weighted by molar-refractivity contribution is 7.86. The molecule has 0 saturated carbocycles. The van der Waals surface area contributed by atoms with Crippen molar-refractivity contribution >= 4 is 55.6 Å². The lowest BCUT2D eigenvalue weighted by Crippen LogP contribution is -2.33. The van der Waals surface area contributed by atoms with Gasteiger partial charge in [-0.15, -0.1) is 0 Å². The van der Waals surface area contributed by atoms with Gasteiger partial charge in [0.2, 0.25) is 0 Å².